The molecule has 0 fully saturated rings. The molecular formula is C10H12Cl2N4O. The van der Waals surface area contributed by atoms with Gasteiger partial charge in [0.15, 0.2) is 0 Å². The average Bonchev–Trinajstić information content (AvgIpc) is 2.33. The summed E-state index contributed by atoms with van der Waals surface area (Å²) in [7, 11) is 0. The Morgan fingerprint density at radius 1 is 0.941 bits per heavy atom. The highest BCUT2D eigenvalue weighted by Crippen LogP contribution is 1.94. The summed E-state index contributed by atoms with van der Waals surface area (Å²) in [5, 5.41) is 10.1. The molecule has 0 bridgehead atoms. The average molecular weight is 275 g/mol. The summed E-state index contributed by atoms with van der Waals surface area (Å²) in [4.78, 5) is 10.4. The van der Waals surface area contributed by atoms with Gasteiger partial charge in [0, 0.05) is 5.56 Å². The smallest absolute Gasteiger partial charge is 0.248 e. The number of benzene rings is 1. The first-order valence-corrected chi connectivity index (χ1v) is 4.24. The Labute approximate surface area is 111 Å². The Balaban J connectivity index is 0. The number of aromatic nitrogens is 3. The maximum atomic E-state index is 10.4. The summed E-state index contributed by atoms with van der Waals surface area (Å²) in [6.45, 7) is 0. The van der Waals surface area contributed by atoms with E-state index in [2.05, 4.69) is 15.4 Å². The van der Waals surface area contributed by atoms with Crippen LogP contribution in [0.2, 0.25) is 0 Å². The number of carbonyl (C=O) groups excluding carboxylic acids is 1. The van der Waals surface area contributed by atoms with E-state index in [-0.39, 0.29) is 30.7 Å². The normalized spacial score (nSPS) is 7.53. The van der Waals surface area contributed by atoms with Gasteiger partial charge in [0.1, 0.15) is 0 Å². The third-order valence-electron chi connectivity index (χ3n) is 1.47. The molecule has 1 aromatic carbocycles. The Kier molecular flexibility index (Phi) is 11.2. The lowest BCUT2D eigenvalue weighted by molar-refractivity contribution is 0.100. The molecule has 17 heavy (non-hydrogen) atoms. The van der Waals surface area contributed by atoms with E-state index in [0.29, 0.717) is 5.56 Å². The Hall–Kier alpha value is -1.72. The van der Waals surface area contributed by atoms with Crippen LogP contribution in [-0.4, -0.2) is 21.3 Å². The van der Waals surface area contributed by atoms with Gasteiger partial charge in [-0.1, -0.05) is 18.2 Å². The minimum atomic E-state index is -0.379. The van der Waals surface area contributed by atoms with Crippen LogP contribution in [0.3, 0.4) is 0 Å². The molecule has 5 nitrogen and oxygen atoms in total. The van der Waals surface area contributed by atoms with Crippen molar-refractivity contribution in [2.45, 2.75) is 0 Å². The zero-order chi connectivity index (χ0) is 10.9. The summed E-state index contributed by atoms with van der Waals surface area (Å²) in [6, 6.07) is 10.5. The van der Waals surface area contributed by atoms with Crippen LogP contribution in [0.15, 0.2) is 48.8 Å². The molecule has 1 aromatic heterocycles. The van der Waals surface area contributed by atoms with Gasteiger partial charge in [0.2, 0.25) is 5.91 Å². The van der Waals surface area contributed by atoms with E-state index in [1.807, 2.05) is 6.07 Å². The van der Waals surface area contributed by atoms with Gasteiger partial charge in [0.25, 0.3) is 0 Å². The lowest BCUT2D eigenvalue weighted by Crippen LogP contribution is -2.09. The van der Waals surface area contributed by atoms with Crippen LogP contribution >= 0.6 is 24.8 Å². The largest absolute Gasteiger partial charge is 0.366 e. The van der Waals surface area contributed by atoms with Crippen molar-refractivity contribution in [2.24, 2.45) is 5.73 Å². The van der Waals surface area contributed by atoms with Gasteiger partial charge in [0.05, 0.1) is 12.4 Å². The molecule has 1 heterocycles. The van der Waals surface area contributed by atoms with Gasteiger partial charge in [-0.25, -0.2) is 0 Å². The molecule has 0 aliphatic rings. The topological polar surface area (TPSA) is 81.8 Å². The number of hydrogen-bond acceptors (Lipinski definition) is 4. The second-order valence-electron chi connectivity index (χ2n) is 2.54. The van der Waals surface area contributed by atoms with Gasteiger partial charge in [-0.05, 0) is 23.4 Å². The van der Waals surface area contributed by atoms with Gasteiger partial charge in [-0.15, -0.1) is 35.0 Å². The van der Waals surface area contributed by atoms with Crippen LogP contribution < -0.4 is 5.73 Å². The molecule has 7 heteroatoms. The van der Waals surface area contributed by atoms with Gasteiger partial charge < -0.3 is 5.73 Å². The van der Waals surface area contributed by atoms with Crippen LogP contribution in [0.25, 0.3) is 0 Å². The third-order valence-corrected chi connectivity index (χ3v) is 1.47. The van der Waals surface area contributed by atoms with E-state index in [9.17, 15) is 4.79 Å². The minimum absolute atomic E-state index is 0. The molecule has 0 radical (unpaired) electrons. The second kappa shape index (κ2) is 10.8. The van der Waals surface area contributed by atoms with Crippen LogP contribution in [-0.2, 0) is 0 Å². The molecule has 2 aromatic rings. The first kappa shape index (κ1) is 17.7. The molecule has 0 aliphatic heterocycles. The summed E-state index contributed by atoms with van der Waals surface area (Å²) < 4.78 is 0. The maximum Gasteiger partial charge on any atom is 0.248 e. The van der Waals surface area contributed by atoms with E-state index < -0.39 is 0 Å². The second-order valence-corrected chi connectivity index (χ2v) is 2.54. The fraction of sp³-hybridized carbons (Fsp3) is 0. The molecule has 0 aliphatic carbocycles. The molecule has 0 spiro atoms. The third kappa shape index (κ3) is 8.12. The van der Waals surface area contributed by atoms with Gasteiger partial charge in [-0.3, -0.25) is 4.79 Å². The van der Waals surface area contributed by atoms with Crippen molar-refractivity contribution in [2.75, 3.05) is 0 Å². The maximum absolute atomic E-state index is 10.4. The number of primary amides is 1. The number of nitrogens with two attached hydrogens (primary N) is 1. The predicted molar refractivity (Wildman–Crippen MR) is 69.3 cm³/mol. The quantitative estimate of drug-likeness (QED) is 0.855. The summed E-state index contributed by atoms with van der Waals surface area (Å²) in [5.41, 5.74) is 5.53. The van der Waals surface area contributed by atoms with Crippen LogP contribution in [0.4, 0.5) is 0 Å². The van der Waals surface area contributed by atoms with Crippen LogP contribution in [0.5, 0.6) is 0 Å². The van der Waals surface area contributed by atoms with Gasteiger partial charge in [-0.2, -0.15) is 0 Å². The van der Waals surface area contributed by atoms with E-state index in [1.54, 1.807) is 42.7 Å². The number of nitrogens with zero attached hydrogens (tertiary/aromatic N) is 3. The highest BCUT2D eigenvalue weighted by Gasteiger charge is 1.93. The van der Waals surface area contributed by atoms with E-state index >= 15 is 0 Å². The Bertz CT molecular complexity index is 373. The molecule has 0 saturated heterocycles. The molecule has 92 valence electrons. The van der Waals surface area contributed by atoms with Crippen molar-refractivity contribution >= 4 is 30.7 Å². The lowest BCUT2D eigenvalue weighted by atomic mass is 10.2. The molecule has 2 rings (SSSR count). The SMILES string of the molecule is Cl.Cl.NC(=O)c1ccccc1.c1cnnnc1. The highest BCUT2D eigenvalue weighted by molar-refractivity contribution is 5.92. The number of halogens is 2. The monoisotopic (exact) mass is 274 g/mol. The van der Waals surface area contributed by atoms with Crippen molar-refractivity contribution in [3.63, 3.8) is 0 Å². The van der Waals surface area contributed by atoms with Crippen LogP contribution in [0, 0.1) is 0 Å². The highest BCUT2D eigenvalue weighted by atomic mass is 35.5. The van der Waals surface area contributed by atoms with Crippen molar-refractivity contribution < 1.29 is 4.79 Å². The number of carbonyl (C=O) groups is 1. The predicted octanol–water partition coefficient (Wildman–Crippen LogP) is 1.50. The summed E-state index contributed by atoms with van der Waals surface area (Å²) in [6.07, 6.45) is 3.15. The van der Waals surface area contributed by atoms with Crippen molar-refractivity contribution in [1.29, 1.82) is 0 Å². The van der Waals surface area contributed by atoms with Crippen molar-refractivity contribution in [3.8, 4) is 0 Å². The minimum Gasteiger partial charge on any atom is -0.366 e. The zero-order valence-electron chi connectivity index (χ0n) is 8.76. The van der Waals surface area contributed by atoms with E-state index in [4.69, 9.17) is 5.73 Å². The zero-order valence-corrected chi connectivity index (χ0v) is 10.4. The molecule has 2 N–H and O–H groups in total. The van der Waals surface area contributed by atoms with Gasteiger partial charge >= 0.3 is 0 Å². The standard InChI is InChI=1S/C7H7NO.C3H3N3.2ClH/c8-7(9)6-4-2-1-3-5-6;1-2-4-6-5-3-1;;/h1-5H,(H2,8,9);1-3H;2*1H. The summed E-state index contributed by atoms with van der Waals surface area (Å²) in [5.74, 6) is -0.379. The van der Waals surface area contributed by atoms with E-state index in [0.717, 1.165) is 0 Å². The first-order valence-electron chi connectivity index (χ1n) is 4.24. The molecule has 1 amide bonds. The van der Waals surface area contributed by atoms with Crippen LogP contribution in [0.1, 0.15) is 10.4 Å². The van der Waals surface area contributed by atoms with Crippen molar-refractivity contribution in [1.82, 2.24) is 15.4 Å². The van der Waals surface area contributed by atoms with Crippen molar-refractivity contribution in [3.05, 3.63) is 54.4 Å². The number of amides is 1. The molecule has 0 atom stereocenters. The number of hydrogen-bond donors (Lipinski definition) is 1. The van der Waals surface area contributed by atoms with E-state index in [1.165, 1.54) is 0 Å². The fourth-order valence-electron chi connectivity index (χ4n) is 0.807. The fourth-order valence-corrected chi connectivity index (χ4v) is 0.807. The summed E-state index contributed by atoms with van der Waals surface area (Å²) >= 11 is 0. The molecule has 0 unspecified atom stereocenters. The number of rotatable bonds is 1. The lowest BCUT2D eigenvalue weighted by Gasteiger charge is -1.89. The Morgan fingerprint density at radius 3 is 1.71 bits per heavy atom. The Morgan fingerprint density at radius 2 is 1.47 bits per heavy atom. The molecule has 0 saturated carbocycles. The molecular weight excluding hydrogens is 263 g/mol. The first-order chi connectivity index (χ1) is 7.30.